The van der Waals surface area contributed by atoms with E-state index in [-0.39, 0.29) is 18.5 Å². The maximum absolute atomic E-state index is 12.2. The van der Waals surface area contributed by atoms with Crippen molar-refractivity contribution >= 4 is 12.1 Å². The van der Waals surface area contributed by atoms with Crippen LogP contribution in [0.3, 0.4) is 0 Å². The average Bonchev–Trinajstić information content (AvgIpc) is 2.59. The molecule has 1 amide bonds. The molecule has 1 N–H and O–H groups in total. The fourth-order valence-corrected chi connectivity index (χ4v) is 3.18. The van der Waals surface area contributed by atoms with Crippen molar-refractivity contribution in [2.75, 3.05) is 20.2 Å². The van der Waals surface area contributed by atoms with Crippen LogP contribution < -0.4 is 0 Å². The number of aliphatic hydroxyl groups is 1. The van der Waals surface area contributed by atoms with Crippen molar-refractivity contribution in [3.8, 4) is 0 Å². The monoisotopic (exact) mass is 363 g/mol. The number of esters is 1. The fraction of sp³-hybridized carbons (Fsp3) is 0.600. The number of piperidine rings is 1. The van der Waals surface area contributed by atoms with Gasteiger partial charge in [0.15, 0.2) is 0 Å². The molecule has 26 heavy (non-hydrogen) atoms. The highest BCUT2D eigenvalue weighted by Gasteiger charge is 2.39. The molecule has 1 aromatic rings. The molecule has 1 atom stereocenters. The van der Waals surface area contributed by atoms with E-state index < -0.39 is 17.1 Å². The molecule has 1 fully saturated rings. The third-order valence-electron chi connectivity index (χ3n) is 4.62. The molecule has 0 radical (unpaired) electrons. The topological polar surface area (TPSA) is 76.1 Å². The van der Waals surface area contributed by atoms with Crippen molar-refractivity contribution in [1.29, 1.82) is 0 Å². The number of nitrogens with zero attached hydrogens (tertiary/aromatic N) is 1. The summed E-state index contributed by atoms with van der Waals surface area (Å²) in [5.74, 6) is -0.890. The van der Waals surface area contributed by atoms with Crippen molar-refractivity contribution in [3.63, 3.8) is 0 Å². The van der Waals surface area contributed by atoms with Gasteiger partial charge in [-0.2, -0.15) is 0 Å². The Balaban J connectivity index is 2.02. The molecule has 1 aromatic carbocycles. The minimum atomic E-state index is -1.02. The van der Waals surface area contributed by atoms with Gasteiger partial charge in [-0.3, -0.25) is 4.79 Å². The van der Waals surface area contributed by atoms with Gasteiger partial charge < -0.3 is 19.5 Å². The van der Waals surface area contributed by atoms with E-state index in [1.54, 1.807) is 4.90 Å². The molecule has 1 heterocycles. The minimum absolute atomic E-state index is 0.270. The second-order valence-corrected chi connectivity index (χ2v) is 7.88. The number of carbonyl (C=O) groups is 2. The Labute approximate surface area is 155 Å². The largest absolute Gasteiger partial charge is 0.469 e. The quantitative estimate of drug-likeness (QED) is 0.832. The highest BCUT2D eigenvalue weighted by atomic mass is 16.6. The second kappa shape index (κ2) is 8.08. The maximum Gasteiger partial charge on any atom is 0.410 e. The maximum atomic E-state index is 12.2. The van der Waals surface area contributed by atoms with E-state index in [9.17, 15) is 14.7 Å². The normalized spacial score (nSPS) is 18.1. The van der Waals surface area contributed by atoms with Crippen LogP contribution in [0.4, 0.5) is 4.79 Å². The Hall–Kier alpha value is -2.08. The zero-order valence-electron chi connectivity index (χ0n) is 16.0. The van der Waals surface area contributed by atoms with E-state index in [1.807, 2.05) is 51.1 Å². The van der Waals surface area contributed by atoms with Gasteiger partial charge in [0.2, 0.25) is 0 Å². The van der Waals surface area contributed by atoms with Crippen molar-refractivity contribution in [1.82, 2.24) is 4.90 Å². The lowest BCUT2D eigenvalue weighted by Gasteiger charge is -2.39. The van der Waals surface area contributed by atoms with Gasteiger partial charge in [0.25, 0.3) is 0 Å². The summed E-state index contributed by atoms with van der Waals surface area (Å²) in [5.41, 5.74) is -0.747. The fourth-order valence-electron chi connectivity index (χ4n) is 3.18. The predicted octanol–water partition coefficient (Wildman–Crippen LogP) is 3.10. The summed E-state index contributed by atoms with van der Waals surface area (Å²) in [6.07, 6.45) is 0.692. The standard InChI is InChI=1S/C20H29NO5/c1-19(2,3)26-18(23)21-12-10-20(24,11-13-21)14-16(17(22)25-4)15-8-6-5-7-9-15/h5-9,16,24H,10-14H2,1-4H3. The predicted molar refractivity (Wildman–Crippen MR) is 97.8 cm³/mol. The third kappa shape index (κ3) is 5.46. The molecule has 0 aromatic heterocycles. The van der Waals surface area contributed by atoms with Gasteiger partial charge in [0.05, 0.1) is 18.6 Å². The average molecular weight is 363 g/mol. The van der Waals surface area contributed by atoms with E-state index in [1.165, 1.54) is 7.11 Å². The van der Waals surface area contributed by atoms with Crippen LogP contribution in [0.25, 0.3) is 0 Å². The van der Waals surface area contributed by atoms with Gasteiger partial charge in [-0.1, -0.05) is 30.3 Å². The molecule has 144 valence electrons. The summed E-state index contributed by atoms with van der Waals surface area (Å²) in [5, 5.41) is 11.0. The van der Waals surface area contributed by atoms with E-state index in [0.717, 1.165) is 5.56 Å². The summed E-state index contributed by atoms with van der Waals surface area (Å²) in [6.45, 7) is 6.27. The number of hydrogen-bond donors (Lipinski definition) is 1. The molecule has 1 aliphatic heterocycles. The second-order valence-electron chi connectivity index (χ2n) is 7.88. The molecule has 0 saturated carbocycles. The Morgan fingerprint density at radius 3 is 2.27 bits per heavy atom. The van der Waals surface area contributed by atoms with E-state index in [4.69, 9.17) is 9.47 Å². The first-order valence-corrected chi connectivity index (χ1v) is 8.97. The first-order chi connectivity index (χ1) is 12.1. The zero-order valence-corrected chi connectivity index (χ0v) is 16.0. The highest BCUT2D eigenvalue weighted by molar-refractivity contribution is 5.78. The van der Waals surface area contributed by atoms with Crippen molar-refractivity contribution in [2.45, 2.75) is 57.2 Å². The summed E-state index contributed by atoms with van der Waals surface area (Å²) in [7, 11) is 1.35. The first kappa shape index (κ1) is 20.2. The summed E-state index contributed by atoms with van der Waals surface area (Å²) >= 11 is 0. The van der Waals surface area contributed by atoms with Crippen LogP contribution in [-0.4, -0.2) is 53.5 Å². The molecule has 2 rings (SSSR count). The summed E-state index contributed by atoms with van der Waals surface area (Å²) in [4.78, 5) is 26.0. The summed E-state index contributed by atoms with van der Waals surface area (Å²) in [6, 6.07) is 9.33. The number of benzene rings is 1. The number of likely N-dealkylation sites (tertiary alicyclic amines) is 1. The summed E-state index contributed by atoms with van der Waals surface area (Å²) < 4.78 is 10.3. The number of amides is 1. The minimum Gasteiger partial charge on any atom is -0.469 e. The molecule has 0 spiro atoms. The molecular weight excluding hydrogens is 334 g/mol. The van der Waals surface area contributed by atoms with Crippen molar-refractivity contribution in [2.24, 2.45) is 0 Å². The molecule has 0 aliphatic carbocycles. The first-order valence-electron chi connectivity index (χ1n) is 8.97. The number of rotatable bonds is 4. The molecule has 6 nitrogen and oxygen atoms in total. The van der Waals surface area contributed by atoms with Crippen molar-refractivity contribution in [3.05, 3.63) is 35.9 Å². The number of hydrogen-bond acceptors (Lipinski definition) is 5. The van der Waals surface area contributed by atoms with E-state index in [0.29, 0.717) is 25.9 Å². The lowest BCUT2D eigenvalue weighted by atomic mass is 9.80. The Kier molecular flexibility index (Phi) is 6.29. The highest BCUT2D eigenvalue weighted by Crippen LogP contribution is 2.34. The van der Waals surface area contributed by atoms with Gasteiger partial charge in [-0.25, -0.2) is 4.79 Å². The number of methoxy groups -OCH3 is 1. The van der Waals surface area contributed by atoms with Crippen LogP contribution in [0.15, 0.2) is 30.3 Å². The molecule has 0 bridgehead atoms. The van der Waals surface area contributed by atoms with Crippen LogP contribution in [0.5, 0.6) is 0 Å². The SMILES string of the molecule is COC(=O)C(CC1(O)CCN(C(=O)OC(C)(C)C)CC1)c1ccccc1. The Bertz CT molecular complexity index is 615. The Morgan fingerprint density at radius 2 is 1.77 bits per heavy atom. The van der Waals surface area contributed by atoms with Gasteiger partial charge in [0, 0.05) is 13.1 Å². The van der Waals surface area contributed by atoms with Crippen molar-refractivity contribution < 1.29 is 24.2 Å². The van der Waals surface area contributed by atoms with E-state index in [2.05, 4.69) is 0 Å². The molecule has 1 saturated heterocycles. The van der Waals surface area contributed by atoms with Crippen LogP contribution in [-0.2, 0) is 14.3 Å². The van der Waals surface area contributed by atoms with E-state index >= 15 is 0 Å². The zero-order chi connectivity index (χ0) is 19.4. The molecule has 1 aliphatic rings. The molecular formula is C20H29NO5. The lowest BCUT2D eigenvalue weighted by molar-refractivity contribution is -0.145. The number of carbonyl (C=O) groups excluding carboxylic acids is 2. The van der Waals surface area contributed by atoms with Crippen LogP contribution >= 0.6 is 0 Å². The third-order valence-corrected chi connectivity index (χ3v) is 4.62. The lowest BCUT2D eigenvalue weighted by Crippen LogP contribution is -2.49. The van der Waals surface area contributed by atoms with Crippen LogP contribution in [0.2, 0.25) is 0 Å². The molecule has 1 unspecified atom stereocenters. The smallest absolute Gasteiger partial charge is 0.410 e. The van der Waals surface area contributed by atoms with Gasteiger partial charge >= 0.3 is 12.1 Å². The van der Waals surface area contributed by atoms with Gasteiger partial charge in [-0.15, -0.1) is 0 Å². The Morgan fingerprint density at radius 1 is 1.19 bits per heavy atom. The van der Waals surface area contributed by atoms with Crippen LogP contribution in [0.1, 0.15) is 51.5 Å². The van der Waals surface area contributed by atoms with Crippen LogP contribution in [0, 0.1) is 0 Å². The van der Waals surface area contributed by atoms with Gasteiger partial charge in [0.1, 0.15) is 5.60 Å². The molecule has 6 heteroatoms. The number of ether oxygens (including phenoxy) is 2. The van der Waals surface area contributed by atoms with Gasteiger partial charge in [-0.05, 0) is 45.6 Å².